The summed E-state index contributed by atoms with van der Waals surface area (Å²) in [4.78, 5) is 28.5. The van der Waals surface area contributed by atoms with Crippen LogP contribution < -0.4 is 4.74 Å². The molecule has 208 valence electrons. The lowest BCUT2D eigenvalue weighted by Crippen LogP contribution is -2.72. The Morgan fingerprint density at radius 3 is 2.10 bits per heavy atom. The van der Waals surface area contributed by atoms with Crippen molar-refractivity contribution in [3.8, 4) is 17.2 Å². The summed E-state index contributed by atoms with van der Waals surface area (Å²) in [7, 11) is 0. The lowest BCUT2D eigenvalue weighted by molar-refractivity contribution is -0.171. The fourth-order valence-electron chi connectivity index (χ4n) is 7.10. The molecule has 1 saturated heterocycles. The molecule has 0 aromatic heterocycles. The number of hydrogen-bond acceptors (Lipinski definition) is 6. The first kappa shape index (κ1) is 27.4. The molecule has 0 radical (unpaired) electrons. The standard InChI is InChI=1S/C33H40O6/c1-17(2)9-11-21-26(34)22(12-10-18(3)4)29-25(27(21)35)28(36)23-15-20-16-24-31(7,8)39-32(30(20)37,14-13-19(5)6)33(23,24)38-29/h9-10,13,15,20,24,34-35H,11-12,14,16H2,1-8H3/t20-,24?,32+,33-/m1/s1. The number of hydrogen-bond donors (Lipinski definition) is 2. The maximum atomic E-state index is 14.5. The second-order valence-electron chi connectivity index (χ2n) is 12.9. The van der Waals surface area contributed by atoms with E-state index in [1.54, 1.807) is 6.08 Å². The molecule has 3 aliphatic carbocycles. The molecule has 1 spiro atoms. The minimum absolute atomic E-state index is 0.0635. The second kappa shape index (κ2) is 8.95. The molecule has 4 bridgehead atoms. The SMILES string of the molecule is CC(C)=CCc1c(O)c(CC=C(C)C)c2c(c1O)C(=O)C1=C[C@@H]3CC4C(C)(C)O[C@@](CC=C(C)C)(C3=O)[C@@]14O2. The van der Waals surface area contributed by atoms with Crippen LogP contribution in [0.1, 0.15) is 89.7 Å². The molecule has 1 saturated carbocycles. The number of Topliss-reactive ketones (excluding diaryl/α,β-unsaturated/α-hetero) is 2. The summed E-state index contributed by atoms with van der Waals surface area (Å²) in [5, 5.41) is 23.0. The Morgan fingerprint density at radius 2 is 1.51 bits per heavy atom. The number of phenols is 2. The van der Waals surface area contributed by atoms with Gasteiger partial charge >= 0.3 is 0 Å². The van der Waals surface area contributed by atoms with Gasteiger partial charge in [0.05, 0.1) is 5.60 Å². The van der Waals surface area contributed by atoms with Crippen LogP contribution in [0.2, 0.25) is 0 Å². The van der Waals surface area contributed by atoms with Gasteiger partial charge in [0.25, 0.3) is 0 Å². The molecule has 5 aliphatic rings. The van der Waals surface area contributed by atoms with Crippen LogP contribution in [0.4, 0.5) is 0 Å². The third kappa shape index (κ3) is 3.71. The van der Waals surface area contributed by atoms with Gasteiger partial charge in [0.15, 0.2) is 22.8 Å². The maximum absolute atomic E-state index is 14.5. The van der Waals surface area contributed by atoms with E-state index in [4.69, 9.17) is 9.47 Å². The van der Waals surface area contributed by atoms with Gasteiger partial charge in [-0.25, -0.2) is 0 Å². The van der Waals surface area contributed by atoms with Gasteiger partial charge in [-0.1, -0.05) is 41.0 Å². The Hall–Kier alpha value is -3.12. The van der Waals surface area contributed by atoms with Crippen molar-refractivity contribution < 1.29 is 29.3 Å². The number of carbonyl (C=O) groups excluding carboxylic acids is 2. The van der Waals surface area contributed by atoms with Gasteiger partial charge in [-0.3, -0.25) is 9.59 Å². The fraction of sp³-hybridized carbons (Fsp3) is 0.515. The van der Waals surface area contributed by atoms with Crippen LogP contribution in [-0.4, -0.2) is 38.6 Å². The Kier molecular flexibility index (Phi) is 6.30. The van der Waals surface area contributed by atoms with Crippen LogP contribution in [0.5, 0.6) is 17.2 Å². The van der Waals surface area contributed by atoms with Crippen LogP contribution in [0, 0.1) is 11.8 Å². The number of fused-ring (bicyclic) bond motifs is 1. The largest absolute Gasteiger partial charge is 0.507 e. The Balaban J connectivity index is 1.82. The van der Waals surface area contributed by atoms with E-state index in [1.807, 2.05) is 73.6 Å². The van der Waals surface area contributed by atoms with Crippen molar-refractivity contribution >= 4 is 11.6 Å². The van der Waals surface area contributed by atoms with Gasteiger partial charge in [0.1, 0.15) is 22.8 Å². The Labute approximate surface area is 231 Å². The number of rotatable bonds is 6. The molecule has 2 heterocycles. The number of allylic oxidation sites excluding steroid dienone is 6. The van der Waals surface area contributed by atoms with Gasteiger partial charge in [-0.2, -0.15) is 0 Å². The number of aromatic hydroxyl groups is 2. The van der Waals surface area contributed by atoms with Gasteiger partial charge < -0.3 is 19.7 Å². The summed E-state index contributed by atoms with van der Waals surface area (Å²) in [5.41, 5.74) is 0.856. The lowest BCUT2D eigenvalue weighted by Gasteiger charge is -2.56. The highest BCUT2D eigenvalue weighted by Gasteiger charge is 2.81. The third-order valence-electron chi connectivity index (χ3n) is 8.92. The van der Waals surface area contributed by atoms with Crippen LogP contribution in [-0.2, 0) is 22.4 Å². The van der Waals surface area contributed by atoms with E-state index in [1.165, 1.54) is 0 Å². The Morgan fingerprint density at radius 1 is 0.923 bits per heavy atom. The van der Waals surface area contributed by atoms with Crippen molar-refractivity contribution in [1.29, 1.82) is 0 Å². The summed E-state index contributed by atoms with van der Waals surface area (Å²) >= 11 is 0. The third-order valence-corrected chi connectivity index (χ3v) is 8.92. The number of phenolic OH excluding ortho intramolecular Hbond substituents is 2. The first-order valence-corrected chi connectivity index (χ1v) is 13.9. The number of carbonyl (C=O) groups is 2. The van der Waals surface area contributed by atoms with Crippen molar-refractivity contribution in [2.75, 3.05) is 0 Å². The van der Waals surface area contributed by atoms with Crippen LogP contribution in [0.25, 0.3) is 0 Å². The van der Waals surface area contributed by atoms with E-state index in [9.17, 15) is 19.8 Å². The summed E-state index contributed by atoms with van der Waals surface area (Å²) in [6.07, 6.45) is 9.00. The highest BCUT2D eigenvalue weighted by atomic mass is 16.6. The van der Waals surface area contributed by atoms with E-state index in [2.05, 4.69) is 0 Å². The lowest BCUT2D eigenvalue weighted by atomic mass is 9.51. The predicted molar refractivity (Wildman–Crippen MR) is 150 cm³/mol. The van der Waals surface area contributed by atoms with Gasteiger partial charge in [0, 0.05) is 35.0 Å². The molecular weight excluding hydrogens is 492 g/mol. The average Bonchev–Trinajstić information content (AvgIpc) is 2.99. The van der Waals surface area contributed by atoms with Crippen molar-refractivity contribution in [2.24, 2.45) is 11.8 Å². The highest BCUT2D eigenvalue weighted by molar-refractivity contribution is 6.18. The summed E-state index contributed by atoms with van der Waals surface area (Å²) in [6.45, 7) is 15.7. The quantitative estimate of drug-likeness (QED) is 0.408. The van der Waals surface area contributed by atoms with E-state index < -0.39 is 22.7 Å². The zero-order valence-electron chi connectivity index (χ0n) is 24.3. The smallest absolute Gasteiger partial charge is 0.200 e. The zero-order valence-corrected chi connectivity index (χ0v) is 24.3. The monoisotopic (exact) mass is 532 g/mol. The molecule has 0 amide bonds. The molecule has 39 heavy (non-hydrogen) atoms. The molecule has 1 aromatic carbocycles. The highest BCUT2D eigenvalue weighted by Crippen LogP contribution is 2.68. The van der Waals surface area contributed by atoms with Crippen molar-refractivity contribution in [3.63, 3.8) is 0 Å². The van der Waals surface area contributed by atoms with Crippen LogP contribution in [0.3, 0.4) is 0 Å². The van der Waals surface area contributed by atoms with E-state index in [0.29, 0.717) is 29.5 Å². The minimum Gasteiger partial charge on any atom is -0.507 e. The molecule has 6 rings (SSSR count). The Bertz CT molecular complexity index is 1410. The predicted octanol–water partition coefficient (Wildman–Crippen LogP) is 6.48. The number of ketones is 2. The maximum Gasteiger partial charge on any atom is 0.200 e. The molecule has 6 heteroatoms. The molecular formula is C33H40O6. The van der Waals surface area contributed by atoms with Gasteiger partial charge in [-0.15, -0.1) is 0 Å². The first-order chi connectivity index (χ1) is 18.2. The normalized spacial score (nSPS) is 29.2. The number of ether oxygens (including phenoxy) is 2. The fourth-order valence-corrected chi connectivity index (χ4v) is 7.10. The van der Waals surface area contributed by atoms with Gasteiger partial charge in [0.2, 0.25) is 0 Å². The summed E-state index contributed by atoms with van der Waals surface area (Å²) in [5.74, 6) is -1.33. The van der Waals surface area contributed by atoms with E-state index in [0.717, 1.165) is 16.7 Å². The molecule has 4 atom stereocenters. The average molecular weight is 533 g/mol. The molecule has 1 aromatic rings. The van der Waals surface area contributed by atoms with Crippen molar-refractivity contribution in [3.05, 3.63) is 63.3 Å². The topological polar surface area (TPSA) is 93.1 Å². The van der Waals surface area contributed by atoms with Crippen LogP contribution >= 0.6 is 0 Å². The molecule has 2 fully saturated rings. The van der Waals surface area contributed by atoms with Crippen molar-refractivity contribution in [2.45, 2.75) is 97.9 Å². The summed E-state index contributed by atoms with van der Waals surface area (Å²) in [6, 6.07) is 0. The first-order valence-electron chi connectivity index (χ1n) is 13.9. The van der Waals surface area contributed by atoms with E-state index >= 15 is 0 Å². The second-order valence-corrected chi connectivity index (χ2v) is 12.9. The minimum atomic E-state index is -1.38. The zero-order chi connectivity index (χ0) is 28.7. The van der Waals surface area contributed by atoms with Crippen molar-refractivity contribution in [1.82, 2.24) is 0 Å². The number of benzene rings is 1. The van der Waals surface area contributed by atoms with E-state index in [-0.39, 0.29) is 53.1 Å². The van der Waals surface area contributed by atoms with Gasteiger partial charge in [-0.05, 0) is 74.7 Å². The molecule has 6 nitrogen and oxygen atoms in total. The summed E-state index contributed by atoms with van der Waals surface area (Å²) < 4.78 is 13.7. The van der Waals surface area contributed by atoms with Crippen LogP contribution in [0.15, 0.2) is 46.6 Å². The molecule has 1 unspecified atom stereocenters. The molecule has 2 aliphatic heterocycles. The molecule has 2 N–H and O–H groups in total.